The molecule has 0 unspecified atom stereocenters. The fourth-order valence-electron chi connectivity index (χ4n) is 4.44. The largest absolute Gasteiger partial charge is 0.352 e. The molecule has 184 valence electrons. The molecule has 8 heteroatoms. The van der Waals surface area contributed by atoms with E-state index in [0.29, 0.717) is 5.82 Å². The summed E-state index contributed by atoms with van der Waals surface area (Å²) in [7, 11) is 0. The first-order valence-corrected chi connectivity index (χ1v) is 13.9. The van der Waals surface area contributed by atoms with E-state index in [1.165, 1.54) is 0 Å². The molecule has 2 amide bonds. The summed E-state index contributed by atoms with van der Waals surface area (Å²) >= 11 is 3.26. The molecule has 3 heterocycles. The van der Waals surface area contributed by atoms with Crippen LogP contribution in [0.15, 0.2) is 72.1 Å². The van der Waals surface area contributed by atoms with Crippen LogP contribution in [0, 0.1) is 6.92 Å². The zero-order valence-electron chi connectivity index (χ0n) is 20.5. The maximum absolute atomic E-state index is 13.6. The molecular weight excluding hydrogens is 488 g/mol. The van der Waals surface area contributed by atoms with Crippen molar-refractivity contribution >= 4 is 40.7 Å². The molecule has 5 rings (SSSR count). The molecular formula is C28H28N4O2S2. The highest BCUT2D eigenvalue weighted by Crippen LogP contribution is 2.49. The Morgan fingerprint density at radius 1 is 1.11 bits per heavy atom. The van der Waals surface area contributed by atoms with E-state index in [-0.39, 0.29) is 35.4 Å². The van der Waals surface area contributed by atoms with E-state index in [2.05, 4.69) is 22.8 Å². The quantitative estimate of drug-likeness (QED) is 0.362. The molecule has 6 nitrogen and oxygen atoms in total. The van der Waals surface area contributed by atoms with E-state index in [1.54, 1.807) is 28.0 Å². The summed E-state index contributed by atoms with van der Waals surface area (Å²) in [5.41, 5.74) is 4.70. The van der Waals surface area contributed by atoms with Crippen LogP contribution in [0.2, 0.25) is 0 Å². The lowest BCUT2D eigenvalue weighted by molar-refractivity contribution is -0.123. The first-order valence-electron chi connectivity index (χ1n) is 11.9. The van der Waals surface area contributed by atoms with Crippen LogP contribution in [0.3, 0.4) is 0 Å². The lowest BCUT2D eigenvalue weighted by atomic mass is 10.0. The summed E-state index contributed by atoms with van der Waals surface area (Å²) in [6.45, 7) is 5.81. The number of aromatic nitrogens is 2. The standard InChI is InChI=1S/C28H28N4O2S2/c1-18(2)29-23(33)16-31-24(34)17-36-27(22-13-8-14-35-22)25-26(20-10-5-4-6-11-20)30-32(28(25)31)21-12-7-9-19(3)15-21/h4-15,18,27H,16-17H2,1-3H3,(H,29,33)/t27-/m1/s1. The summed E-state index contributed by atoms with van der Waals surface area (Å²) in [5.74, 6) is 0.635. The molecule has 4 aromatic rings. The molecule has 0 aliphatic carbocycles. The predicted molar refractivity (Wildman–Crippen MR) is 148 cm³/mol. The molecule has 36 heavy (non-hydrogen) atoms. The minimum absolute atomic E-state index is 0.0196. The third kappa shape index (κ3) is 4.83. The topological polar surface area (TPSA) is 67.2 Å². The summed E-state index contributed by atoms with van der Waals surface area (Å²) < 4.78 is 1.84. The molecule has 2 aromatic heterocycles. The second-order valence-electron chi connectivity index (χ2n) is 9.11. The maximum atomic E-state index is 13.6. The van der Waals surface area contributed by atoms with Crippen LogP contribution in [0.5, 0.6) is 0 Å². The first kappa shape index (κ1) is 24.3. The van der Waals surface area contributed by atoms with Gasteiger partial charge in [0.15, 0.2) is 0 Å². The molecule has 0 spiro atoms. The Kier molecular flexibility index (Phi) is 6.98. The zero-order valence-corrected chi connectivity index (χ0v) is 22.1. The molecule has 0 saturated heterocycles. The summed E-state index contributed by atoms with van der Waals surface area (Å²) in [6.07, 6.45) is 0. The lowest BCUT2D eigenvalue weighted by Crippen LogP contribution is -2.44. The van der Waals surface area contributed by atoms with Crippen molar-refractivity contribution in [2.45, 2.75) is 32.1 Å². The third-order valence-electron chi connectivity index (χ3n) is 5.94. The fourth-order valence-corrected chi connectivity index (χ4v) is 6.62. The number of carbonyl (C=O) groups excluding carboxylic acids is 2. The predicted octanol–water partition coefficient (Wildman–Crippen LogP) is 5.60. The van der Waals surface area contributed by atoms with Crippen molar-refractivity contribution < 1.29 is 9.59 Å². The number of nitrogens with one attached hydrogen (secondary N) is 1. The number of rotatable bonds is 6. The second-order valence-corrected chi connectivity index (χ2v) is 11.2. The number of amides is 2. The average Bonchev–Trinajstić information content (AvgIpc) is 3.49. The number of carbonyl (C=O) groups is 2. The number of aryl methyl sites for hydroxylation is 1. The van der Waals surface area contributed by atoms with Gasteiger partial charge in [-0.2, -0.15) is 5.10 Å². The average molecular weight is 517 g/mol. The Labute approximate surface area is 219 Å². The van der Waals surface area contributed by atoms with Crippen molar-refractivity contribution in [3.63, 3.8) is 0 Å². The highest BCUT2D eigenvalue weighted by Gasteiger charge is 2.38. The minimum Gasteiger partial charge on any atom is -0.352 e. The van der Waals surface area contributed by atoms with Crippen LogP contribution >= 0.6 is 23.1 Å². The van der Waals surface area contributed by atoms with Gasteiger partial charge in [0.25, 0.3) is 0 Å². The highest BCUT2D eigenvalue weighted by molar-refractivity contribution is 8.00. The monoisotopic (exact) mass is 516 g/mol. The van der Waals surface area contributed by atoms with E-state index in [4.69, 9.17) is 5.10 Å². The van der Waals surface area contributed by atoms with Crippen LogP contribution in [-0.2, 0) is 9.59 Å². The summed E-state index contributed by atoms with van der Waals surface area (Å²) in [6, 6.07) is 22.3. The van der Waals surface area contributed by atoms with Gasteiger partial charge in [-0.25, -0.2) is 4.68 Å². The Balaban J connectivity index is 1.79. The number of anilines is 1. The molecule has 1 aliphatic rings. The van der Waals surface area contributed by atoms with Crippen LogP contribution in [0.4, 0.5) is 5.82 Å². The number of benzene rings is 2. The zero-order chi connectivity index (χ0) is 25.2. The van der Waals surface area contributed by atoms with Crippen molar-refractivity contribution in [2.75, 3.05) is 17.2 Å². The molecule has 0 radical (unpaired) electrons. The molecule has 0 saturated carbocycles. The molecule has 0 bridgehead atoms. The van der Waals surface area contributed by atoms with Crippen LogP contribution in [0.1, 0.15) is 35.1 Å². The van der Waals surface area contributed by atoms with E-state index < -0.39 is 0 Å². The number of fused-ring (bicyclic) bond motifs is 1. The van der Waals surface area contributed by atoms with Gasteiger partial charge in [-0.1, -0.05) is 48.5 Å². The SMILES string of the molecule is Cc1cccc(-n2nc(-c3ccccc3)c3c2N(CC(=O)NC(C)C)C(=O)CS[C@@H]3c2cccs2)c1. The Hall–Kier alpha value is -3.36. The van der Waals surface area contributed by atoms with Crippen LogP contribution in [-0.4, -0.2) is 39.9 Å². The maximum Gasteiger partial charge on any atom is 0.240 e. The third-order valence-corrected chi connectivity index (χ3v) is 8.26. The van der Waals surface area contributed by atoms with Gasteiger partial charge in [0.05, 0.1) is 22.4 Å². The number of hydrogen-bond acceptors (Lipinski definition) is 5. The van der Waals surface area contributed by atoms with Gasteiger partial charge in [0.2, 0.25) is 11.8 Å². The number of hydrogen-bond donors (Lipinski definition) is 1. The Morgan fingerprint density at radius 2 is 1.92 bits per heavy atom. The second kappa shape index (κ2) is 10.3. The Morgan fingerprint density at radius 3 is 2.61 bits per heavy atom. The van der Waals surface area contributed by atoms with Gasteiger partial charge in [-0.15, -0.1) is 23.1 Å². The molecule has 2 aromatic carbocycles. The molecule has 1 N–H and O–H groups in total. The molecule has 1 atom stereocenters. The van der Waals surface area contributed by atoms with Crippen molar-refractivity contribution in [3.05, 3.63) is 88.1 Å². The first-order chi connectivity index (χ1) is 17.4. The van der Waals surface area contributed by atoms with Gasteiger partial charge in [0, 0.05) is 22.0 Å². The number of thiophene rings is 1. The summed E-state index contributed by atoms with van der Waals surface area (Å²) in [4.78, 5) is 29.3. The van der Waals surface area contributed by atoms with Crippen LogP contribution in [0.25, 0.3) is 16.9 Å². The van der Waals surface area contributed by atoms with E-state index in [1.807, 2.05) is 80.1 Å². The van der Waals surface area contributed by atoms with Crippen molar-refractivity contribution in [1.29, 1.82) is 0 Å². The van der Waals surface area contributed by atoms with Gasteiger partial charge in [-0.3, -0.25) is 14.5 Å². The highest BCUT2D eigenvalue weighted by atomic mass is 32.2. The number of thioether (sulfide) groups is 1. The van der Waals surface area contributed by atoms with E-state index >= 15 is 0 Å². The van der Waals surface area contributed by atoms with Crippen molar-refractivity contribution in [1.82, 2.24) is 15.1 Å². The lowest BCUT2D eigenvalue weighted by Gasteiger charge is -2.23. The van der Waals surface area contributed by atoms with E-state index in [9.17, 15) is 9.59 Å². The van der Waals surface area contributed by atoms with Crippen LogP contribution < -0.4 is 10.2 Å². The van der Waals surface area contributed by atoms with Crippen molar-refractivity contribution in [3.8, 4) is 16.9 Å². The summed E-state index contributed by atoms with van der Waals surface area (Å²) in [5, 5.41) is 10.0. The Bertz CT molecular complexity index is 1380. The fraction of sp³-hybridized carbons (Fsp3) is 0.250. The van der Waals surface area contributed by atoms with E-state index in [0.717, 1.165) is 32.9 Å². The van der Waals surface area contributed by atoms with Gasteiger partial charge < -0.3 is 5.32 Å². The van der Waals surface area contributed by atoms with Crippen molar-refractivity contribution in [2.24, 2.45) is 0 Å². The van der Waals surface area contributed by atoms with Gasteiger partial charge >= 0.3 is 0 Å². The number of nitrogens with zero attached hydrogens (tertiary/aromatic N) is 3. The molecule has 0 fully saturated rings. The van der Waals surface area contributed by atoms with Gasteiger partial charge in [-0.05, 0) is 49.9 Å². The minimum atomic E-state index is -0.192. The molecule has 1 aliphatic heterocycles. The van der Waals surface area contributed by atoms with Gasteiger partial charge in [0.1, 0.15) is 12.4 Å². The smallest absolute Gasteiger partial charge is 0.240 e. The normalized spacial score (nSPS) is 15.6.